The minimum absolute atomic E-state index is 0.0840. The first-order chi connectivity index (χ1) is 10.2. The van der Waals surface area contributed by atoms with E-state index in [-0.39, 0.29) is 12.1 Å². The van der Waals surface area contributed by atoms with Crippen LogP contribution < -0.4 is 5.32 Å². The number of nitrogens with one attached hydrogen (secondary N) is 2. The van der Waals surface area contributed by atoms with Gasteiger partial charge in [-0.2, -0.15) is 0 Å². The van der Waals surface area contributed by atoms with Crippen molar-refractivity contribution >= 4 is 11.9 Å². The summed E-state index contributed by atoms with van der Waals surface area (Å²) in [5, 5.41) is 10.6. The third kappa shape index (κ3) is 4.31. The molecule has 0 radical (unpaired) electrons. The fourth-order valence-electron chi connectivity index (χ4n) is 2.77. The van der Waals surface area contributed by atoms with E-state index in [1.54, 1.807) is 4.90 Å². The number of amides is 2. The van der Waals surface area contributed by atoms with Gasteiger partial charge in [0.05, 0.1) is 6.04 Å². The van der Waals surface area contributed by atoms with Crippen LogP contribution in [0.4, 0.5) is 4.79 Å². The third-order valence-electron chi connectivity index (χ3n) is 3.99. The summed E-state index contributed by atoms with van der Waals surface area (Å²) in [5.74, 6) is 0.353. The SMILES string of the molecule is CCCCCCCC1C(=N)NC(=O)N1Cc1ccccc1. The highest BCUT2D eigenvalue weighted by molar-refractivity contribution is 6.05. The molecule has 1 heterocycles. The van der Waals surface area contributed by atoms with Gasteiger partial charge in [0.2, 0.25) is 0 Å². The molecule has 0 aliphatic carbocycles. The average molecular weight is 287 g/mol. The third-order valence-corrected chi connectivity index (χ3v) is 3.99. The highest BCUT2D eigenvalue weighted by atomic mass is 16.2. The zero-order chi connectivity index (χ0) is 15.1. The summed E-state index contributed by atoms with van der Waals surface area (Å²) in [6, 6.07) is 9.76. The monoisotopic (exact) mass is 287 g/mol. The topological polar surface area (TPSA) is 56.2 Å². The van der Waals surface area contributed by atoms with Crippen LogP contribution in [0.5, 0.6) is 0 Å². The lowest BCUT2D eigenvalue weighted by atomic mass is 10.0. The largest absolute Gasteiger partial charge is 0.323 e. The Hall–Kier alpha value is -1.84. The summed E-state index contributed by atoms with van der Waals surface area (Å²) in [4.78, 5) is 13.8. The van der Waals surface area contributed by atoms with E-state index >= 15 is 0 Å². The Balaban J connectivity index is 1.90. The van der Waals surface area contributed by atoms with Gasteiger partial charge >= 0.3 is 6.03 Å². The van der Waals surface area contributed by atoms with Gasteiger partial charge in [0, 0.05) is 6.54 Å². The second-order valence-corrected chi connectivity index (χ2v) is 5.68. The Morgan fingerprint density at radius 1 is 1.14 bits per heavy atom. The molecule has 0 saturated carbocycles. The van der Waals surface area contributed by atoms with Gasteiger partial charge in [-0.1, -0.05) is 69.4 Å². The minimum Gasteiger partial charge on any atom is -0.310 e. The lowest BCUT2D eigenvalue weighted by Crippen LogP contribution is -2.34. The molecule has 1 aromatic rings. The van der Waals surface area contributed by atoms with Crippen LogP contribution >= 0.6 is 0 Å². The van der Waals surface area contributed by atoms with E-state index in [0.717, 1.165) is 18.4 Å². The Bertz CT molecular complexity index is 472. The number of hydrogen-bond acceptors (Lipinski definition) is 2. The quantitative estimate of drug-likeness (QED) is 0.700. The van der Waals surface area contributed by atoms with Crippen LogP contribution in [0.25, 0.3) is 0 Å². The summed E-state index contributed by atoms with van der Waals surface area (Å²) >= 11 is 0. The maximum atomic E-state index is 12.0. The molecule has 2 amide bonds. The lowest BCUT2D eigenvalue weighted by Gasteiger charge is -2.22. The molecule has 1 saturated heterocycles. The molecule has 1 atom stereocenters. The zero-order valence-corrected chi connectivity index (χ0v) is 12.8. The van der Waals surface area contributed by atoms with E-state index in [0.29, 0.717) is 12.4 Å². The molecular formula is C17H25N3O. The first kappa shape index (κ1) is 15.5. The van der Waals surface area contributed by atoms with Crippen LogP contribution in [0.15, 0.2) is 30.3 Å². The summed E-state index contributed by atoms with van der Waals surface area (Å²) < 4.78 is 0. The number of nitrogens with zero attached hydrogens (tertiary/aromatic N) is 1. The fourth-order valence-corrected chi connectivity index (χ4v) is 2.77. The normalized spacial score (nSPS) is 18.1. The molecule has 21 heavy (non-hydrogen) atoms. The Kier molecular flexibility index (Phi) is 5.78. The van der Waals surface area contributed by atoms with Crippen LogP contribution in [-0.2, 0) is 6.54 Å². The molecular weight excluding hydrogens is 262 g/mol. The minimum atomic E-state index is -0.137. The van der Waals surface area contributed by atoms with Crippen LogP contribution in [0.1, 0.15) is 51.0 Å². The molecule has 0 aromatic heterocycles. The Morgan fingerprint density at radius 3 is 2.57 bits per heavy atom. The van der Waals surface area contributed by atoms with Crippen LogP contribution in [0.2, 0.25) is 0 Å². The molecule has 2 rings (SSSR count). The molecule has 0 bridgehead atoms. The number of carbonyl (C=O) groups excluding carboxylic acids is 1. The summed E-state index contributed by atoms with van der Waals surface area (Å²) in [6.07, 6.45) is 6.90. The first-order valence-electron chi connectivity index (χ1n) is 7.92. The standard InChI is InChI=1S/C17H25N3O/c1-2-3-4-5-9-12-15-16(18)19-17(21)20(15)13-14-10-7-6-8-11-14/h6-8,10-11,15H,2-5,9,12-13H2,1H3,(H2,18,19,21). The molecule has 4 nitrogen and oxygen atoms in total. The van der Waals surface area contributed by atoms with Gasteiger partial charge in [-0.3, -0.25) is 10.7 Å². The molecule has 2 N–H and O–H groups in total. The van der Waals surface area contributed by atoms with Crippen molar-refractivity contribution in [1.82, 2.24) is 10.2 Å². The molecule has 114 valence electrons. The Labute approximate surface area is 127 Å². The van der Waals surface area contributed by atoms with Crippen molar-refractivity contribution in [2.24, 2.45) is 0 Å². The smallest absolute Gasteiger partial charge is 0.310 e. The van der Waals surface area contributed by atoms with Gasteiger partial charge in [0.25, 0.3) is 0 Å². The van der Waals surface area contributed by atoms with Crippen molar-refractivity contribution in [2.75, 3.05) is 0 Å². The highest BCUT2D eigenvalue weighted by Crippen LogP contribution is 2.19. The number of benzene rings is 1. The molecule has 1 fully saturated rings. The van der Waals surface area contributed by atoms with Crippen molar-refractivity contribution in [3.63, 3.8) is 0 Å². The van der Waals surface area contributed by atoms with Crippen molar-refractivity contribution in [2.45, 2.75) is 58.0 Å². The van der Waals surface area contributed by atoms with Crippen LogP contribution in [0.3, 0.4) is 0 Å². The van der Waals surface area contributed by atoms with E-state index in [1.165, 1.54) is 25.7 Å². The van der Waals surface area contributed by atoms with Gasteiger partial charge in [-0.15, -0.1) is 0 Å². The molecule has 4 heteroatoms. The maximum Gasteiger partial charge on any atom is 0.323 e. The van der Waals surface area contributed by atoms with Crippen molar-refractivity contribution in [3.05, 3.63) is 35.9 Å². The van der Waals surface area contributed by atoms with Crippen LogP contribution in [-0.4, -0.2) is 22.8 Å². The van der Waals surface area contributed by atoms with Gasteiger partial charge in [-0.05, 0) is 12.0 Å². The number of unbranched alkanes of at least 4 members (excludes halogenated alkanes) is 4. The molecule has 1 aliphatic rings. The Morgan fingerprint density at radius 2 is 1.86 bits per heavy atom. The van der Waals surface area contributed by atoms with Gasteiger partial charge < -0.3 is 4.90 Å². The first-order valence-corrected chi connectivity index (χ1v) is 7.92. The van der Waals surface area contributed by atoms with E-state index in [2.05, 4.69) is 12.2 Å². The maximum absolute atomic E-state index is 12.0. The van der Waals surface area contributed by atoms with Crippen molar-refractivity contribution in [3.8, 4) is 0 Å². The second kappa shape index (κ2) is 7.81. The number of urea groups is 1. The van der Waals surface area contributed by atoms with E-state index in [1.807, 2.05) is 30.3 Å². The van der Waals surface area contributed by atoms with E-state index in [4.69, 9.17) is 5.41 Å². The summed E-state index contributed by atoms with van der Waals surface area (Å²) in [7, 11) is 0. The summed E-state index contributed by atoms with van der Waals surface area (Å²) in [6.45, 7) is 2.78. The summed E-state index contributed by atoms with van der Waals surface area (Å²) in [5.41, 5.74) is 1.11. The number of hydrogen-bond donors (Lipinski definition) is 2. The second-order valence-electron chi connectivity index (χ2n) is 5.68. The predicted octanol–water partition coefficient (Wildman–Crippen LogP) is 3.92. The number of carbonyl (C=O) groups is 1. The number of rotatable bonds is 8. The lowest BCUT2D eigenvalue weighted by molar-refractivity contribution is 0.200. The molecule has 0 spiro atoms. The van der Waals surface area contributed by atoms with Crippen molar-refractivity contribution in [1.29, 1.82) is 5.41 Å². The highest BCUT2D eigenvalue weighted by Gasteiger charge is 2.34. The molecule has 1 aromatic carbocycles. The fraction of sp³-hybridized carbons (Fsp3) is 0.529. The van der Waals surface area contributed by atoms with Gasteiger partial charge in [0.15, 0.2) is 0 Å². The van der Waals surface area contributed by atoms with Crippen LogP contribution in [0, 0.1) is 5.41 Å². The predicted molar refractivity (Wildman–Crippen MR) is 85.4 cm³/mol. The van der Waals surface area contributed by atoms with Crippen molar-refractivity contribution < 1.29 is 4.79 Å². The van der Waals surface area contributed by atoms with E-state index in [9.17, 15) is 4.79 Å². The zero-order valence-electron chi connectivity index (χ0n) is 12.8. The average Bonchev–Trinajstić information content (AvgIpc) is 2.75. The van der Waals surface area contributed by atoms with Gasteiger partial charge in [0.1, 0.15) is 5.84 Å². The molecule has 1 aliphatic heterocycles. The van der Waals surface area contributed by atoms with E-state index < -0.39 is 0 Å². The van der Waals surface area contributed by atoms with Gasteiger partial charge in [-0.25, -0.2) is 4.79 Å². The molecule has 1 unspecified atom stereocenters. The number of amidine groups is 1.